The Morgan fingerprint density at radius 2 is 1.77 bits per heavy atom. The number of fused-ring (bicyclic) bond motifs is 2. The molecule has 6 heteroatoms. The number of rotatable bonds is 5. The third-order valence-corrected chi connectivity index (χ3v) is 5.69. The Balaban J connectivity index is 1.53. The summed E-state index contributed by atoms with van der Waals surface area (Å²) in [6.45, 7) is 2.93. The summed E-state index contributed by atoms with van der Waals surface area (Å²) in [7, 11) is 1.75. The van der Waals surface area contributed by atoms with Gasteiger partial charge in [-0.3, -0.25) is 4.79 Å². The molecule has 0 saturated carbocycles. The number of carbonyl (C=O) groups is 1. The van der Waals surface area contributed by atoms with Crippen LogP contribution in [0.2, 0.25) is 0 Å². The van der Waals surface area contributed by atoms with Crippen LogP contribution in [-0.4, -0.2) is 34.7 Å². The summed E-state index contributed by atoms with van der Waals surface area (Å²) in [5.41, 5.74) is 4.01. The normalized spacial score (nSPS) is 12.6. The fourth-order valence-corrected chi connectivity index (χ4v) is 4.12. The zero-order valence-electron chi connectivity index (χ0n) is 17.6. The molecule has 31 heavy (non-hydrogen) atoms. The van der Waals surface area contributed by atoms with Crippen LogP contribution in [0.4, 0.5) is 0 Å². The number of aryl methyl sites for hydroxylation is 1. The Labute approximate surface area is 180 Å². The van der Waals surface area contributed by atoms with Crippen molar-refractivity contribution in [2.75, 3.05) is 13.7 Å². The molecule has 0 N–H and O–H groups in total. The first kappa shape index (κ1) is 19.3. The number of ether oxygens (including phenoxy) is 1. The van der Waals surface area contributed by atoms with Crippen LogP contribution in [0.5, 0.6) is 5.75 Å². The second-order valence-electron chi connectivity index (χ2n) is 7.70. The summed E-state index contributed by atoms with van der Waals surface area (Å²) >= 11 is 0. The Hall–Kier alpha value is -3.67. The summed E-state index contributed by atoms with van der Waals surface area (Å²) in [6.07, 6.45) is 1.60. The third-order valence-electron chi connectivity index (χ3n) is 5.69. The predicted molar refractivity (Wildman–Crippen MR) is 118 cm³/mol. The lowest BCUT2D eigenvalue weighted by Crippen LogP contribution is -2.26. The molecular formula is C25H23N3O3. The first-order chi connectivity index (χ1) is 15.2. The van der Waals surface area contributed by atoms with Crippen molar-refractivity contribution in [2.45, 2.75) is 26.3 Å². The van der Waals surface area contributed by atoms with Gasteiger partial charge in [0.15, 0.2) is 0 Å². The number of hydrogen-bond acceptors (Lipinski definition) is 5. The second kappa shape index (κ2) is 7.87. The van der Waals surface area contributed by atoms with Crippen molar-refractivity contribution in [1.29, 1.82) is 0 Å². The third kappa shape index (κ3) is 3.44. The molecule has 0 aliphatic carbocycles. The van der Waals surface area contributed by atoms with Gasteiger partial charge in [0.2, 0.25) is 11.8 Å². The van der Waals surface area contributed by atoms with Gasteiger partial charge in [-0.1, -0.05) is 55.5 Å². The SMILES string of the molecule is CCc1nnc(CN(C)C(=O)c2ccc(-c3cccc4c3OCC4)c3ccccc23)o1. The van der Waals surface area contributed by atoms with E-state index in [2.05, 4.69) is 34.5 Å². The van der Waals surface area contributed by atoms with E-state index in [9.17, 15) is 4.79 Å². The van der Waals surface area contributed by atoms with E-state index in [0.717, 1.165) is 34.1 Å². The summed E-state index contributed by atoms with van der Waals surface area (Å²) in [5.74, 6) is 1.87. The molecule has 4 aromatic rings. The largest absolute Gasteiger partial charge is 0.492 e. The minimum Gasteiger partial charge on any atom is -0.492 e. The molecular weight excluding hydrogens is 390 g/mol. The van der Waals surface area contributed by atoms with Crippen LogP contribution in [0, 0.1) is 0 Å². The van der Waals surface area contributed by atoms with Gasteiger partial charge in [-0.05, 0) is 28.0 Å². The average molecular weight is 413 g/mol. The van der Waals surface area contributed by atoms with Crippen molar-refractivity contribution < 1.29 is 13.9 Å². The number of aromatic nitrogens is 2. The summed E-state index contributed by atoms with van der Waals surface area (Å²) in [4.78, 5) is 14.9. The van der Waals surface area contributed by atoms with Gasteiger partial charge < -0.3 is 14.1 Å². The number of benzene rings is 3. The minimum absolute atomic E-state index is 0.0893. The molecule has 5 rings (SSSR count). The molecule has 0 fully saturated rings. The Kier molecular flexibility index (Phi) is 4.90. The number of hydrogen-bond donors (Lipinski definition) is 0. The van der Waals surface area contributed by atoms with Crippen LogP contribution in [0.3, 0.4) is 0 Å². The number of amides is 1. The molecule has 0 saturated heterocycles. The Morgan fingerprint density at radius 3 is 2.58 bits per heavy atom. The molecule has 156 valence electrons. The topological polar surface area (TPSA) is 68.5 Å². The highest BCUT2D eigenvalue weighted by atomic mass is 16.5. The van der Waals surface area contributed by atoms with Gasteiger partial charge in [0.05, 0.1) is 13.2 Å². The van der Waals surface area contributed by atoms with E-state index in [4.69, 9.17) is 9.15 Å². The van der Waals surface area contributed by atoms with Crippen molar-refractivity contribution in [2.24, 2.45) is 0 Å². The molecule has 1 aromatic heterocycles. The van der Waals surface area contributed by atoms with E-state index < -0.39 is 0 Å². The lowest BCUT2D eigenvalue weighted by atomic mass is 9.93. The fourth-order valence-electron chi connectivity index (χ4n) is 4.12. The van der Waals surface area contributed by atoms with Gasteiger partial charge in [-0.25, -0.2) is 0 Å². The lowest BCUT2D eigenvalue weighted by Gasteiger charge is -2.18. The highest BCUT2D eigenvalue weighted by molar-refractivity contribution is 6.11. The highest BCUT2D eigenvalue weighted by Gasteiger charge is 2.22. The van der Waals surface area contributed by atoms with Gasteiger partial charge in [0, 0.05) is 31.0 Å². The molecule has 0 atom stereocenters. The van der Waals surface area contributed by atoms with E-state index in [0.29, 0.717) is 30.4 Å². The summed E-state index contributed by atoms with van der Waals surface area (Å²) in [6, 6.07) is 18.2. The Morgan fingerprint density at radius 1 is 0.968 bits per heavy atom. The zero-order chi connectivity index (χ0) is 21.4. The van der Waals surface area contributed by atoms with E-state index in [1.165, 1.54) is 5.56 Å². The molecule has 1 aliphatic rings. The van der Waals surface area contributed by atoms with Crippen LogP contribution >= 0.6 is 0 Å². The quantitative estimate of drug-likeness (QED) is 0.476. The highest BCUT2D eigenvalue weighted by Crippen LogP contribution is 2.40. The van der Waals surface area contributed by atoms with Crippen LogP contribution in [0.15, 0.2) is 59.0 Å². The summed E-state index contributed by atoms with van der Waals surface area (Å²) in [5, 5.41) is 9.94. The molecule has 2 heterocycles. The smallest absolute Gasteiger partial charge is 0.254 e. The monoisotopic (exact) mass is 413 g/mol. The average Bonchev–Trinajstić information content (AvgIpc) is 3.47. The van der Waals surface area contributed by atoms with Gasteiger partial charge in [-0.2, -0.15) is 0 Å². The second-order valence-corrected chi connectivity index (χ2v) is 7.70. The summed E-state index contributed by atoms with van der Waals surface area (Å²) < 4.78 is 11.5. The minimum atomic E-state index is -0.0893. The van der Waals surface area contributed by atoms with Gasteiger partial charge in [0.25, 0.3) is 5.91 Å². The van der Waals surface area contributed by atoms with E-state index >= 15 is 0 Å². The number of nitrogens with zero attached hydrogens (tertiary/aromatic N) is 3. The van der Waals surface area contributed by atoms with Crippen LogP contribution in [0.25, 0.3) is 21.9 Å². The Bertz CT molecular complexity index is 1280. The first-order valence-corrected chi connectivity index (χ1v) is 10.5. The van der Waals surface area contributed by atoms with Gasteiger partial charge in [-0.15, -0.1) is 10.2 Å². The molecule has 0 spiro atoms. The van der Waals surface area contributed by atoms with E-state index in [1.807, 2.05) is 37.3 Å². The maximum Gasteiger partial charge on any atom is 0.254 e. The predicted octanol–water partition coefficient (Wildman–Crippen LogP) is 4.66. The van der Waals surface area contributed by atoms with Crippen molar-refractivity contribution in [3.63, 3.8) is 0 Å². The first-order valence-electron chi connectivity index (χ1n) is 10.5. The van der Waals surface area contributed by atoms with Crippen molar-refractivity contribution in [3.05, 3.63) is 77.5 Å². The van der Waals surface area contributed by atoms with Crippen molar-refractivity contribution in [1.82, 2.24) is 15.1 Å². The van der Waals surface area contributed by atoms with Crippen molar-refractivity contribution >= 4 is 16.7 Å². The molecule has 0 bridgehead atoms. The maximum atomic E-state index is 13.3. The molecule has 0 unspecified atom stereocenters. The number of para-hydroxylation sites is 1. The van der Waals surface area contributed by atoms with Crippen LogP contribution in [0.1, 0.15) is 34.6 Å². The zero-order valence-corrected chi connectivity index (χ0v) is 17.6. The fraction of sp³-hybridized carbons (Fsp3) is 0.240. The number of carbonyl (C=O) groups excluding carboxylic acids is 1. The molecule has 3 aromatic carbocycles. The molecule has 1 aliphatic heterocycles. The lowest BCUT2D eigenvalue weighted by molar-refractivity contribution is 0.0774. The molecule has 0 radical (unpaired) electrons. The van der Waals surface area contributed by atoms with Crippen LogP contribution in [-0.2, 0) is 19.4 Å². The van der Waals surface area contributed by atoms with E-state index in [1.54, 1.807) is 11.9 Å². The van der Waals surface area contributed by atoms with E-state index in [-0.39, 0.29) is 12.5 Å². The maximum absolute atomic E-state index is 13.3. The van der Waals surface area contributed by atoms with Gasteiger partial charge >= 0.3 is 0 Å². The van der Waals surface area contributed by atoms with Crippen molar-refractivity contribution in [3.8, 4) is 16.9 Å². The molecule has 1 amide bonds. The molecule has 6 nitrogen and oxygen atoms in total. The van der Waals surface area contributed by atoms with Gasteiger partial charge in [0.1, 0.15) is 5.75 Å². The standard InChI is InChI=1S/C25H23N3O3/c1-3-22-26-27-23(31-22)15-28(2)25(29)21-12-11-19(17-8-4-5-9-18(17)21)20-10-6-7-16-13-14-30-24(16)20/h4-12H,3,13-15H2,1-2H3. The van der Waals surface area contributed by atoms with Crippen LogP contribution < -0.4 is 4.74 Å².